The van der Waals surface area contributed by atoms with Crippen molar-refractivity contribution < 1.29 is 19.4 Å². The fourth-order valence-corrected chi connectivity index (χ4v) is 2.35. The topological polar surface area (TPSA) is 99.4 Å². The summed E-state index contributed by atoms with van der Waals surface area (Å²) in [6, 6.07) is 8.42. The molecule has 1 aromatic rings. The summed E-state index contributed by atoms with van der Waals surface area (Å²) in [6.07, 6.45) is 2.23. The Balaban J connectivity index is 1.84. The SMILES string of the molecule is N#Cc1ccc(OCC(=O)NC2(CC(=O)O)CCC2)cc1. The average Bonchev–Trinajstić information content (AvgIpc) is 2.43. The molecule has 0 aliphatic heterocycles. The number of nitriles is 1. The molecule has 2 rings (SSSR count). The third kappa shape index (κ3) is 3.96. The fourth-order valence-electron chi connectivity index (χ4n) is 2.35. The molecule has 2 N–H and O–H groups in total. The number of ether oxygens (including phenoxy) is 1. The second-order valence-corrected chi connectivity index (χ2v) is 5.18. The summed E-state index contributed by atoms with van der Waals surface area (Å²) in [7, 11) is 0. The fraction of sp³-hybridized carbons (Fsp3) is 0.400. The van der Waals surface area contributed by atoms with Crippen LogP contribution in [0.5, 0.6) is 5.75 Å². The summed E-state index contributed by atoms with van der Waals surface area (Å²) in [5.74, 6) is -0.756. The molecular formula is C15H16N2O4. The van der Waals surface area contributed by atoms with Crippen molar-refractivity contribution in [3.8, 4) is 11.8 Å². The molecule has 0 radical (unpaired) electrons. The van der Waals surface area contributed by atoms with Crippen LogP contribution in [0.15, 0.2) is 24.3 Å². The summed E-state index contributed by atoms with van der Waals surface area (Å²) in [5, 5.41) is 20.3. The van der Waals surface area contributed by atoms with Crippen LogP contribution in [0, 0.1) is 11.3 Å². The number of carbonyl (C=O) groups is 2. The van der Waals surface area contributed by atoms with Gasteiger partial charge in [0.25, 0.3) is 5.91 Å². The van der Waals surface area contributed by atoms with Crippen molar-refractivity contribution in [2.24, 2.45) is 0 Å². The predicted octanol–water partition coefficient (Wildman–Crippen LogP) is 1.45. The number of nitrogens with zero attached hydrogens (tertiary/aromatic N) is 1. The summed E-state index contributed by atoms with van der Waals surface area (Å²) < 4.78 is 5.32. The van der Waals surface area contributed by atoms with Crippen molar-refractivity contribution in [3.05, 3.63) is 29.8 Å². The number of carbonyl (C=O) groups excluding carboxylic acids is 1. The highest BCUT2D eigenvalue weighted by Crippen LogP contribution is 2.34. The number of amides is 1. The van der Waals surface area contributed by atoms with E-state index in [-0.39, 0.29) is 18.9 Å². The van der Waals surface area contributed by atoms with E-state index in [1.165, 1.54) is 0 Å². The van der Waals surface area contributed by atoms with Crippen LogP contribution >= 0.6 is 0 Å². The molecule has 0 unspecified atom stereocenters. The molecule has 0 heterocycles. The summed E-state index contributed by atoms with van der Waals surface area (Å²) in [4.78, 5) is 22.7. The molecule has 0 aromatic heterocycles. The molecule has 1 amide bonds. The van der Waals surface area contributed by atoms with Gasteiger partial charge < -0.3 is 15.2 Å². The van der Waals surface area contributed by atoms with Gasteiger partial charge >= 0.3 is 5.97 Å². The van der Waals surface area contributed by atoms with E-state index in [0.29, 0.717) is 24.2 Å². The monoisotopic (exact) mass is 288 g/mol. The molecule has 0 spiro atoms. The van der Waals surface area contributed by atoms with Gasteiger partial charge in [0.1, 0.15) is 5.75 Å². The highest BCUT2D eigenvalue weighted by Gasteiger charge is 2.40. The summed E-state index contributed by atoms with van der Waals surface area (Å²) >= 11 is 0. The van der Waals surface area contributed by atoms with Crippen LogP contribution in [-0.2, 0) is 9.59 Å². The van der Waals surface area contributed by atoms with E-state index in [4.69, 9.17) is 15.1 Å². The maximum absolute atomic E-state index is 11.8. The Kier molecular flexibility index (Phi) is 4.43. The predicted molar refractivity (Wildman–Crippen MR) is 73.6 cm³/mol. The van der Waals surface area contributed by atoms with E-state index >= 15 is 0 Å². The highest BCUT2D eigenvalue weighted by molar-refractivity contribution is 5.80. The van der Waals surface area contributed by atoms with Gasteiger partial charge in [-0.05, 0) is 43.5 Å². The Morgan fingerprint density at radius 3 is 2.48 bits per heavy atom. The van der Waals surface area contributed by atoms with Crippen LogP contribution in [0.4, 0.5) is 0 Å². The molecule has 1 fully saturated rings. The molecule has 1 saturated carbocycles. The number of aliphatic carboxylic acids is 1. The normalized spacial score (nSPS) is 15.4. The zero-order valence-electron chi connectivity index (χ0n) is 11.5. The number of carboxylic acid groups (broad SMARTS) is 1. The summed E-state index contributed by atoms with van der Waals surface area (Å²) in [6.45, 7) is -0.173. The number of nitrogens with one attached hydrogen (secondary N) is 1. The molecule has 1 aliphatic carbocycles. The van der Waals surface area contributed by atoms with Gasteiger partial charge in [0, 0.05) is 0 Å². The van der Waals surface area contributed by atoms with Gasteiger partial charge in [-0.2, -0.15) is 5.26 Å². The Hall–Kier alpha value is -2.55. The van der Waals surface area contributed by atoms with E-state index in [0.717, 1.165) is 6.42 Å². The first-order valence-corrected chi connectivity index (χ1v) is 6.69. The largest absolute Gasteiger partial charge is 0.484 e. The molecule has 1 aliphatic rings. The molecule has 6 heteroatoms. The number of carboxylic acids is 1. The van der Waals surface area contributed by atoms with Gasteiger partial charge in [-0.25, -0.2) is 0 Å². The molecular weight excluding hydrogens is 272 g/mol. The highest BCUT2D eigenvalue weighted by atomic mass is 16.5. The van der Waals surface area contributed by atoms with Crippen LogP contribution in [0.3, 0.4) is 0 Å². The van der Waals surface area contributed by atoms with Gasteiger partial charge in [0.15, 0.2) is 6.61 Å². The van der Waals surface area contributed by atoms with E-state index in [1.54, 1.807) is 24.3 Å². The first-order valence-electron chi connectivity index (χ1n) is 6.69. The standard InChI is InChI=1S/C15H16N2O4/c16-9-11-2-4-12(5-3-11)21-10-13(18)17-15(6-1-7-15)8-14(19)20/h2-5H,1,6-8,10H2,(H,17,18)(H,19,20). The van der Waals surface area contributed by atoms with Crippen molar-refractivity contribution in [1.82, 2.24) is 5.32 Å². The lowest BCUT2D eigenvalue weighted by Gasteiger charge is -2.41. The van der Waals surface area contributed by atoms with E-state index in [9.17, 15) is 9.59 Å². The zero-order valence-corrected chi connectivity index (χ0v) is 11.5. The minimum absolute atomic E-state index is 0.0599. The van der Waals surface area contributed by atoms with Crippen molar-refractivity contribution in [1.29, 1.82) is 5.26 Å². The Labute approximate surface area is 122 Å². The van der Waals surface area contributed by atoms with Crippen LogP contribution < -0.4 is 10.1 Å². The van der Waals surface area contributed by atoms with E-state index < -0.39 is 11.5 Å². The number of hydrogen-bond acceptors (Lipinski definition) is 4. The second kappa shape index (κ2) is 6.27. The lowest BCUT2D eigenvalue weighted by molar-refractivity contribution is -0.140. The Morgan fingerprint density at radius 1 is 1.33 bits per heavy atom. The van der Waals surface area contributed by atoms with Gasteiger partial charge in [-0.1, -0.05) is 0 Å². The number of hydrogen-bond donors (Lipinski definition) is 2. The van der Waals surface area contributed by atoms with Crippen molar-refractivity contribution >= 4 is 11.9 Å². The lowest BCUT2D eigenvalue weighted by atomic mass is 9.74. The molecule has 110 valence electrons. The molecule has 0 saturated heterocycles. The minimum Gasteiger partial charge on any atom is -0.484 e. The van der Waals surface area contributed by atoms with Gasteiger partial charge in [0.2, 0.25) is 0 Å². The van der Waals surface area contributed by atoms with Gasteiger partial charge in [-0.15, -0.1) is 0 Å². The minimum atomic E-state index is -0.914. The number of benzene rings is 1. The third-order valence-corrected chi connectivity index (χ3v) is 3.56. The van der Waals surface area contributed by atoms with E-state index in [2.05, 4.69) is 5.32 Å². The van der Waals surface area contributed by atoms with Gasteiger partial charge in [0.05, 0.1) is 23.6 Å². The van der Waals surface area contributed by atoms with Gasteiger partial charge in [-0.3, -0.25) is 9.59 Å². The van der Waals surface area contributed by atoms with Crippen LogP contribution in [0.2, 0.25) is 0 Å². The zero-order chi connectivity index (χ0) is 15.3. The quantitative estimate of drug-likeness (QED) is 0.825. The average molecular weight is 288 g/mol. The Morgan fingerprint density at radius 2 is 2.00 bits per heavy atom. The smallest absolute Gasteiger partial charge is 0.305 e. The van der Waals surface area contributed by atoms with Crippen LogP contribution in [0.1, 0.15) is 31.2 Å². The maximum atomic E-state index is 11.8. The Bertz CT molecular complexity index is 570. The molecule has 0 atom stereocenters. The number of rotatable bonds is 6. The van der Waals surface area contributed by atoms with Crippen molar-refractivity contribution in [2.45, 2.75) is 31.2 Å². The van der Waals surface area contributed by atoms with Crippen LogP contribution in [0.25, 0.3) is 0 Å². The van der Waals surface area contributed by atoms with Crippen LogP contribution in [-0.4, -0.2) is 29.1 Å². The maximum Gasteiger partial charge on any atom is 0.305 e. The molecule has 1 aromatic carbocycles. The molecule has 0 bridgehead atoms. The first-order chi connectivity index (χ1) is 10.0. The summed E-state index contributed by atoms with van der Waals surface area (Å²) in [5.41, 5.74) is -0.0987. The molecule has 6 nitrogen and oxygen atoms in total. The lowest BCUT2D eigenvalue weighted by Crippen LogP contribution is -2.55. The van der Waals surface area contributed by atoms with Crippen molar-refractivity contribution in [3.63, 3.8) is 0 Å². The second-order valence-electron chi connectivity index (χ2n) is 5.18. The first kappa shape index (κ1) is 14.9. The third-order valence-electron chi connectivity index (χ3n) is 3.56. The van der Waals surface area contributed by atoms with E-state index in [1.807, 2.05) is 6.07 Å². The molecule has 21 heavy (non-hydrogen) atoms. The van der Waals surface area contributed by atoms with Crippen molar-refractivity contribution in [2.75, 3.05) is 6.61 Å².